The highest BCUT2D eigenvalue weighted by Gasteiger charge is 2.11. The highest BCUT2D eigenvalue weighted by atomic mass is 16.5. The van der Waals surface area contributed by atoms with Crippen molar-refractivity contribution in [3.8, 4) is 5.75 Å². The van der Waals surface area contributed by atoms with Gasteiger partial charge in [0.05, 0.1) is 6.61 Å². The highest BCUT2D eigenvalue weighted by Crippen LogP contribution is 2.29. The summed E-state index contributed by atoms with van der Waals surface area (Å²) in [7, 11) is 0. The monoisotopic (exact) mass is 335 g/mol. The summed E-state index contributed by atoms with van der Waals surface area (Å²) in [5.74, 6) is 0.892. The Morgan fingerprint density at radius 3 is 2.48 bits per heavy atom. The van der Waals surface area contributed by atoms with E-state index in [-0.39, 0.29) is 12.6 Å². The van der Waals surface area contributed by atoms with Gasteiger partial charge >= 0.3 is 0 Å². The molecule has 0 aliphatic heterocycles. The molecule has 3 aromatic rings. The fraction of sp³-hybridized carbons (Fsp3) is 0.273. The van der Waals surface area contributed by atoms with E-state index >= 15 is 0 Å². The van der Waals surface area contributed by atoms with Gasteiger partial charge in [0.25, 0.3) is 0 Å². The molecule has 3 aromatic carbocycles. The van der Waals surface area contributed by atoms with Gasteiger partial charge in [0.1, 0.15) is 12.4 Å². The van der Waals surface area contributed by atoms with Gasteiger partial charge in [-0.15, -0.1) is 0 Å². The molecule has 3 rings (SSSR count). The molecule has 1 atom stereocenters. The molecule has 25 heavy (non-hydrogen) atoms. The van der Waals surface area contributed by atoms with Gasteiger partial charge in [0.2, 0.25) is 0 Å². The van der Waals surface area contributed by atoms with Crippen LogP contribution in [0, 0.1) is 0 Å². The van der Waals surface area contributed by atoms with Crippen LogP contribution in [0.15, 0.2) is 66.7 Å². The molecule has 0 saturated carbocycles. The third-order valence-electron chi connectivity index (χ3n) is 4.52. The lowest BCUT2D eigenvalue weighted by atomic mass is 10.0. The van der Waals surface area contributed by atoms with Crippen LogP contribution in [0.2, 0.25) is 0 Å². The maximum Gasteiger partial charge on any atom is 0.124 e. The first-order chi connectivity index (χ1) is 12.3. The van der Waals surface area contributed by atoms with E-state index in [4.69, 9.17) is 4.74 Å². The Kier molecular flexibility index (Phi) is 6.04. The van der Waals surface area contributed by atoms with Gasteiger partial charge < -0.3 is 15.2 Å². The lowest BCUT2D eigenvalue weighted by Crippen LogP contribution is -2.31. The fourth-order valence-electron chi connectivity index (χ4n) is 2.95. The molecule has 0 spiro atoms. The minimum atomic E-state index is 0.0981. The van der Waals surface area contributed by atoms with Crippen LogP contribution in [-0.2, 0) is 13.2 Å². The number of rotatable bonds is 8. The zero-order valence-corrected chi connectivity index (χ0v) is 14.6. The number of benzene rings is 3. The van der Waals surface area contributed by atoms with Gasteiger partial charge in [-0.3, -0.25) is 0 Å². The SMILES string of the molecule is CCC(CO)NCc1c(OCc2ccccc2)ccc2ccccc12. The summed E-state index contributed by atoms with van der Waals surface area (Å²) in [4.78, 5) is 0. The van der Waals surface area contributed by atoms with Crippen molar-refractivity contribution >= 4 is 10.8 Å². The third kappa shape index (κ3) is 4.38. The second-order valence-electron chi connectivity index (χ2n) is 6.21. The van der Waals surface area contributed by atoms with Crippen molar-refractivity contribution in [2.45, 2.75) is 32.5 Å². The molecule has 0 amide bonds. The van der Waals surface area contributed by atoms with Crippen LogP contribution in [0.1, 0.15) is 24.5 Å². The third-order valence-corrected chi connectivity index (χ3v) is 4.52. The van der Waals surface area contributed by atoms with Crippen LogP contribution in [0.3, 0.4) is 0 Å². The Bertz CT molecular complexity index is 797. The topological polar surface area (TPSA) is 41.5 Å². The summed E-state index contributed by atoms with van der Waals surface area (Å²) in [5.41, 5.74) is 2.29. The summed E-state index contributed by atoms with van der Waals surface area (Å²) >= 11 is 0. The summed E-state index contributed by atoms with van der Waals surface area (Å²) < 4.78 is 6.13. The van der Waals surface area contributed by atoms with Crippen LogP contribution < -0.4 is 10.1 Å². The van der Waals surface area contributed by atoms with E-state index in [2.05, 4.69) is 48.6 Å². The van der Waals surface area contributed by atoms with E-state index in [1.165, 1.54) is 10.8 Å². The van der Waals surface area contributed by atoms with Crippen molar-refractivity contribution in [2.75, 3.05) is 6.61 Å². The molecule has 0 aliphatic rings. The minimum absolute atomic E-state index is 0.0981. The van der Waals surface area contributed by atoms with E-state index in [0.29, 0.717) is 13.2 Å². The highest BCUT2D eigenvalue weighted by molar-refractivity contribution is 5.87. The average Bonchev–Trinajstić information content (AvgIpc) is 2.68. The predicted octanol–water partition coefficient (Wildman–Crippen LogP) is 4.28. The Morgan fingerprint density at radius 1 is 0.960 bits per heavy atom. The molecule has 0 aromatic heterocycles. The van der Waals surface area contributed by atoms with Crippen molar-refractivity contribution in [1.29, 1.82) is 0 Å². The Hall–Kier alpha value is -2.36. The van der Waals surface area contributed by atoms with Crippen LogP contribution in [0.5, 0.6) is 5.75 Å². The normalized spacial score (nSPS) is 12.2. The number of hydrogen-bond acceptors (Lipinski definition) is 3. The molecule has 1 unspecified atom stereocenters. The van der Waals surface area contributed by atoms with E-state index in [1.54, 1.807) is 0 Å². The molecule has 3 nitrogen and oxygen atoms in total. The molecular formula is C22H25NO2. The molecule has 2 N–H and O–H groups in total. The van der Waals surface area contributed by atoms with Gasteiger partial charge in [-0.25, -0.2) is 0 Å². The van der Waals surface area contributed by atoms with Crippen molar-refractivity contribution in [3.63, 3.8) is 0 Å². The summed E-state index contributed by atoms with van der Waals surface area (Å²) in [5, 5.41) is 15.3. The first kappa shape index (κ1) is 17.5. The van der Waals surface area contributed by atoms with Gasteiger partial charge in [-0.1, -0.05) is 67.6 Å². The largest absolute Gasteiger partial charge is 0.489 e. The molecular weight excluding hydrogens is 310 g/mol. The second kappa shape index (κ2) is 8.65. The molecule has 0 aliphatic carbocycles. The Balaban J connectivity index is 1.86. The Labute approximate surface area is 149 Å². The summed E-state index contributed by atoms with van der Waals surface area (Å²) in [6.45, 7) is 3.43. The number of aliphatic hydroxyl groups excluding tert-OH is 1. The van der Waals surface area contributed by atoms with Gasteiger partial charge in [0, 0.05) is 18.2 Å². The van der Waals surface area contributed by atoms with Gasteiger partial charge in [-0.05, 0) is 28.8 Å². The molecule has 0 saturated heterocycles. The molecule has 0 radical (unpaired) electrons. The molecule has 0 heterocycles. The lowest BCUT2D eigenvalue weighted by Gasteiger charge is -2.18. The standard InChI is InChI=1S/C22H25NO2/c1-2-19(15-24)23-14-21-20-11-7-6-10-18(20)12-13-22(21)25-16-17-8-4-3-5-9-17/h3-13,19,23-24H,2,14-16H2,1H3. The Morgan fingerprint density at radius 2 is 1.72 bits per heavy atom. The molecule has 3 heteroatoms. The van der Waals surface area contributed by atoms with Gasteiger partial charge in [0.15, 0.2) is 0 Å². The van der Waals surface area contributed by atoms with Crippen LogP contribution in [-0.4, -0.2) is 17.8 Å². The van der Waals surface area contributed by atoms with E-state index in [1.807, 2.05) is 30.3 Å². The molecule has 130 valence electrons. The zero-order valence-electron chi connectivity index (χ0n) is 14.6. The van der Waals surface area contributed by atoms with Crippen molar-refractivity contribution in [3.05, 3.63) is 77.9 Å². The quantitative estimate of drug-likeness (QED) is 0.645. The number of nitrogens with one attached hydrogen (secondary N) is 1. The van der Waals surface area contributed by atoms with Crippen molar-refractivity contribution in [2.24, 2.45) is 0 Å². The average molecular weight is 335 g/mol. The van der Waals surface area contributed by atoms with E-state index in [9.17, 15) is 5.11 Å². The van der Waals surface area contributed by atoms with E-state index < -0.39 is 0 Å². The first-order valence-electron chi connectivity index (χ1n) is 8.83. The number of aliphatic hydroxyl groups is 1. The summed E-state index contributed by atoms with van der Waals surface area (Å²) in [6.07, 6.45) is 0.890. The minimum Gasteiger partial charge on any atom is -0.489 e. The number of ether oxygens (including phenoxy) is 1. The number of fused-ring (bicyclic) bond motifs is 1. The second-order valence-corrected chi connectivity index (χ2v) is 6.21. The van der Waals surface area contributed by atoms with Crippen molar-refractivity contribution < 1.29 is 9.84 Å². The zero-order chi connectivity index (χ0) is 17.5. The van der Waals surface area contributed by atoms with Crippen LogP contribution in [0.4, 0.5) is 0 Å². The first-order valence-corrected chi connectivity index (χ1v) is 8.83. The van der Waals surface area contributed by atoms with E-state index in [0.717, 1.165) is 23.3 Å². The van der Waals surface area contributed by atoms with Crippen molar-refractivity contribution in [1.82, 2.24) is 5.32 Å². The number of hydrogen-bond donors (Lipinski definition) is 2. The van der Waals surface area contributed by atoms with Crippen LogP contribution in [0.25, 0.3) is 10.8 Å². The maximum atomic E-state index is 9.44. The van der Waals surface area contributed by atoms with Crippen LogP contribution >= 0.6 is 0 Å². The molecule has 0 bridgehead atoms. The van der Waals surface area contributed by atoms with Gasteiger partial charge in [-0.2, -0.15) is 0 Å². The maximum absolute atomic E-state index is 9.44. The smallest absolute Gasteiger partial charge is 0.124 e. The lowest BCUT2D eigenvalue weighted by molar-refractivity contribution is 0.237. The molecule has 0 fully saturated rings. The fourth-order valence-corrected chi connectivity index (χ4v) is 2.95. The summed E-state index contributed by atoms with van der Waals surface area (Å²) in [6, 6.07) is 22.8. The predicted molar refractivity (Wildman–Crippen MR) is 103 cm³/mol.